The number of nitrogens with zero attached hydrogens (tertiary/aromatic N) is 5. The number of likely N-dealkylation sites (tertiary alicyclic amines) is 1. The number of anilines is 3. The number of aliphatic hydroxyl groups is 1. The van der Waals surface area contributed by atoms with E-state index in [4.69, 9.17) is 5.41 Å². The molecule has 0 radical (unpaired) electrons. The Morgan fingerprint density at radius 3 is 2.87 bits per heavy atom. The molecule has 0 aliphatic carbocycles. The highest BCUT2D eigenvalue weighted by atomic mass is 19.1. The number of nitrogens with one attached hydrogen (secondary N) is 2. The van der Waals surface area contributed by atoms with Gasteiger partial charge in [0.1, 0.15) is 17.7 Å². The Balaban J connectivity index is 1.51. The number of aryl methyl sites for hydroxylation is 1. The summed E-state index contributed by atoms with van der Waals surface area (Å²) in [5.74, 6) is -0.0661. The first-order valence-corrected chi connectivity index (χ1v) is 9.57. The third-order valence-corrected chi connectivity index (χ3v) is 5.40. The summed E-state index contributed by atoms with van der Waals surface area (Å²) in [7, 11) is 1.63. The van der Waals surface area contributed by atoms with Crippen LogP contribution in [-0.2, 0) is 11.8 Å². The first-order valence-electron chi connectivity index (χ1n) is 9.57. The summed E-state index contributed by atoms with van der Waals surface area (Å²) >= 11 is 0. The van der Waals surface area contributed by atoms with Crippen LogP contribution in [0.3, 0.4) is 0 Å². The normalized spacial score (nSPS) is 23.8. The molecule has 2 atom stereocenters. The molecule has 4 heterocycles. The Morgan fingerprint density at radius 2 is 2.20 bits per heavy atom. The molecule has 0 spiro atoms. The number of hydrogen-bond donors (Lipinski definition) is 3. The second kappa shape index (κ2) is 7.48. The molecule has 30 heavy (non-hydrogen) atoms. The second-order valence-corrected chi connectivity index (χ2v) is 7.48. The average Bonchev–Trinajstić information content (AvgIpc) is 3.40. The van der Waals surface area contributed by atoms with E-state index >= 15 is 0 Å². The van der Waals surface area contributed by atoms with Crippen molar-refractivity contribution in [1.29, 1.82) is 5.41 Å². The van der Waals surface area contributed by atoms with Gasteiger partial charge in [0.2, 0.25) is 0 Å². The molecule has 11 heteroatoms. The van der Waals surface area contributed by atoms with Gasteiger partial charge in [-0.25, -0.2) is 9.37 Å². The topological polar surface area (TPSA) is 127 Å². The summed E-state index contributed by atoms with van der Waals surface area (Å²) in [6.45, 7) is 0.744. The fourth-order valence-corrected chi connectivity index (χ4v) is 3.68. The van der Waals surface area contributed by atoms with Crippen LogP contribution in [0.1, 0.15) is 23.3 Å². The summed E-state index contributed by atoms with van der Waals surface area (Å²) < 4.78 is 14.8. The van der Waals surface area contributed by atoms with Crippen molar-refractivity contribution in [3.05, 3.63) is 30.1 Å². The van der Waals surface area contributed by atoms with Crippen LogP contribution < -0.4 is 10.2 Å². The lowest BCUT2D eigenvalue weighted by Crippen LogP contribution is -2.41. The van der Waals surface area contributed by atoms with E-state index < -0.39 is 17.7 Å². The van der Waals surface area contributed by atoms with Crippen LogP contribution in [0.2, 0.25) is 0 Å². The molecule has 2 aromatic heterocycles. The molecule has 2 aromatic rings. The van der Waals surface area contributed by atoms with Crippen molar-refractivity contribution < 1.29 is 19.1 Å². The van der Waals surface area contributed by atoms with Crippen molar-refractivity contribution in [3.8, 4) is 0 Å². The van der Waals surface area contributed by atoms with Crippen LogP contribution in [-0.4, -0.2) is 74.2 Å². The monoisotopic (exact) mass is 415 g/mol. The van der Waals surface area contributed by atoms with E-state index in [1.807, 2.05) is 0 Å². The second-order valence-electron chi connectivity index (χ2n) is 7.48. The fraction of sp³-hybridized carbons (Fsp3) is 0.421. The number of rotatable bonds is 5. The predicted molar refractivity (Wildman–Crippen MR) is 107 cm³/mol. The molecule has 3 N–H and O–H groups in total. The maximum atomic E-state index is 13.4. The Morgan fingerprint density at radius 1 is 1.40 bits per heavy atom. The number of halogens is 1. The van der Waals surface area contributed by atoms with E-state index in [1.54, 1.807) is 25.2 Å². The largest absolute Gasteiger partial charge is 0.375 e. The van der Waals surface area contributed by atoms with Gasteiger partial charge < -0.3 is 25.6 Å². The van der Waals surface area contributed by atoms with E-state index in [1.165, 1.54) is 20.7 Å². The molecule has 2 saturated heterocycles. The number of amides is 2. The minimum absolute atomic E-state index is 0.0857. The van der Waals surface area contributed by atoms with E-state index in [0.717, 1.165) is 6.21 Å². The van der Waals surface area contributed by atoms with Crippen LogP contribution in [0.25, 0.3) is 0 Å². The Labute approximate surface area is 171 Å². The molecular weight excluding hydrogens is 393 g/mol. The summed E-state index contributed by atoms with van der Waals surface area (Å²) in [4.78, 5) is 32.1. The SMILES string of the molecule is Cn1nc(Nc2cc(N3CC[C@](O)(C=N)C3=O)ccn2)cc1C(=O)N1CC[C@H](F)C1. The highest BCUT2D eigenvalue weighted by Gasteiger charge is 2.44. The summed E-state index contributed by atoms with van der Waals surface area (Å²) in [5, 5.41) is 24.7. The van der Waals surface area contributed by atoms with Gasteiger partial charge in [-0.3, -0.25) is 14.3 Å². The van der Waals surface area contributed by atoms with Gasteiger partial charge in [0.15, 0.2) is 11.4 Å². The lowest BCUT2D eigenvalue weighted by Gasteiger charge is -2.19. The average molecular weight is 415 g/mol. The van der Waals surface area contributed by atoms with Gasteiger partial charge in [-0.05, 0) is 12.5 Å². The molecule has 2 aliphatic heterocycles. The van der Waals surface area contributed by atoms with Gasteiger partial charge in [-0.15, -0.1) is 0 Å². The van der Waals surface area contributed by atoms with E-state index in [2.05, 4.69) is 15.4 Å². The summed E-state index contributed by atoms with van der Waals surface area (Å²) in [5.41, 5.74) is -0.927. The van der Waals surface area contributed by atoms with Gasteiger partial charge >= 0.3 is 0 Å². The van der Waals surface area contributed by atoms with Crippen LogP contribution >= 0.6 is 0 Å². The van der Waals surface area contributed by atoms with Gasteiger partial charge in [-0.1, -0.05) is 0 Å². The first kappa shape index (κ1) is 20.0. The zero-order valence-corrected chi connectivity index (χ0v) is 16.4. The fourth-order valence-electron chi connectivity index (χ4n) is 3.68. The third kappa shape index (κ3) is 3.52. The van der Waals surface area contributed by atoms with E-state index in [0.29, 0.717) is 36.0 Å². The van der Waals surface area contributed by atoms with Crippen LogP contribution in [0.5, 0.6) is 0 Å². The van der Waals surface area contributed by atoms with E-state index in [-0.39, 0.29) is 25.4 Å². The number of pyridine rings is 1. The van der Waals surface area contributed by atoms with Gasteiger partial charge in [0.25, 0.3) is 11.8 Å². The van der Waals surface area contributed by atoms with Crippen molar-refractivity contribution in [3.63, 3.8) is 0 Å². The number of aromatic nitrogens is 3. The Hall–Kier alpha value is -3.34. The van der Waals surface area contributed by atoms with Gasteiger partial charge in [0.05, 0.1) is 6.54 Å². The van der Waals surface area contributed by atoms with E-state index in [9.17, 15) is 19.1 Å². The minimum Gasteiger partial charge on any atom is -0.375 e. The molecule has 0 unspecified atom stereocenters. The molecule has 4 rings (SSSR count). The molecule has 10 nitrogen and oxygen atoms in total. The zero-order valence-electron chi connectivity index (χ0n) is 16.4. The molecule has 158 valence electrons. The molecule has 2 amide bonds. The van der Waals surface area contributed by atoms with Crippen LogP contribution in [0.4, 0.5) is 21.7 Å². The van der Waals surface area contributed by atoms with Crippen molar-refractivity contribution in [1.82, 2.24) is 19.7 Å². The Bertz CT molecular complexity index is 1010. The van der Waals surface area contributed by atoms with Crippen LogP contribution in [0.15, 0.2) is 24.4 Å². The van der Waals surface area contributed by atoms with Crippen molar-refractivity contribution in [2.24, 2.45) is 7.05 Å². The van der Waals surface area contributed by atoms with Gasteiger partial charge in [-0.2, -0.15) is 5.10 Å². The molecule has 0 aromatic carbocycles. The maximum Gasteiger partial charge on any atom is 0.272 e. The van der Waals surface area contributed by atoms with Gasteiger partial charge in [0, 0.05) is 56.8 Å². The number of carbonyl (C=O) groups is 2. The lowest BCUT2D eigenvalue weighted by molar-refractivity contribution is -0.127. The molecule has 0 bridgehead atoms. The standard InChI is InChI=1S/C19H22FN7O3/c1-25-14(17(28)26-6-3-12(20)10-26)9-16(24-25)23-15-8-13(2-5-22-15)27-7-4-19(30,11-21)18(27)29/h2,5,8-9,11-12,21,30H,3-4,6-7,10H2,1H3,(H,22,23,24)/t12-,19-/m0/s1. The van der Waals surface area contributed by atoms with Crippen molar-refractivity contribution in [2.75, 3.05) is 29.9 Å². The number of alkyl halides is 1. The smallest absolute Gasteiger partial charge is 0.272 e. The molecule has 2 aliphatic rings. The summed E-state index contributed by atoms with van der Waals surface area (Å²) in [6.07, 6.45) is 1.75. The van der Waals surface area contributed by atoms with Crippen molar-refractivity contribution in [2.45, 2.75) is 24.6 Å². The molecule has 2 fully saturated rings. The third-order valence-electron chi connectivity index (χ3n) is 5.40. The minimum atomic E-state index is -1.78. The Kier molecular flexibility index (Phi) is 4.98. The molecular formula is C19H22FN7O3. The lowest BCUT2D eigenvalue weighted by atomic mass is 10.1. The number of hydrogen-bond acceptors (Lipinski definition) is 7. The summed E-state index contributed by atoms with van der Waals surface area (Å²) in [6, 6.07) is 4.82. The highest BCUT2D eigenvalue weighted by Crippen LogP contribution is 2.29. The van der Waals surface area contributed by atoms with Crippen LogP contribution in [0, 0.1) is 5.41 Å². The maximum absolute atomic E-state index is 13.4. The first-order chi connectivity index (χ1) is 14.3. The quantitative estimate of drug-likeness (QED) is 0.622. The number of carbonyl (C=O) groups excluding carboxylic acids is 2. The van der Waals surface area contributed by atoms with Crippen molar-refractivity contribution >= 4 is 35.4 Å². The predicted octanol–water partition coefficient (Wildman–Crippen LogP) is 0.860. The zero-order chi connectivity index (χ0) is 21.5. The highest BCUT2D eigenvalue weighted by molar-refractivity contribution is 6.11. The molecule has 0 saturated carbocycles.